The second-order valence-corrected chi connectivity index (χ2v) is 6.98. The van der Waals surface area contributed by atoms with E-state index in [0.29, 0.717) is 40.8 Å². The van der Waals surface area contributed by atoms with Crippen molar-refractivity contribution < 1.29 is 14.0 Å². The predicted molar refractivity (Wildman–Crippen MR) is 104 cm³/mol. The van der Waals surface area contributed by atoms with Gasteiger partial charge in [0.1, 0.15) is 5.52 Å². The van der Waals surface area contributed by atoms with Crippen LogP contribution in [0.25, 0.3) is 22.4 Å². The number of rotatable bonds is 2. The van der Waals surface area contributed by atoms with Gasteiger partial charge in [0, 0.05) is 22.8 Å². The van der Waals surface area contributed by atoms with Crippen LogP contribution in [0.4, 0.5) is 5.69 Å². The van der Waals surface area contributed by atoms with Gasteiger partial charge in [-0.05, 0) is 37.8 Å². The van der Waals surface area contributed by atoms with Gasteiger partial charge in [0.15, 0.2) is 11.3 Å². The maximum absolute atomic E-state index is 12.7. The number of carbonyl (C=O) groups is 2. The van der Waals surface area contributed by atoms with E-state index in [1.165, 1.54) is 11.0 Å². The number of hydrogen-bond donors (Lipinski definition) is 0. The quantitative estimate of drug-likeness (QED) is 0.642. The molecule has 0 saturated carbocycles. The van der Waals surface area contributed by atoms with Crippen molar-refractivity contribution >= 4 is 28.6 Å². The second kappa shape index (κ2) is 6.27. The Hall–Kier alpha value is -3.54. The number of benzene rings is 2. The predicted octanol–water partition coefficient (Wildman–Crippen LogP) is 3.60. The molecule has 1 aromatic heterocycles. The van der Waals surface area contributed by atoms with Crippen molar-refractivity contribution in [2.24, 2.45) is 0 Å². The lowest BCUT2D eigenvalue weighted by Crippen LogP contribution is -2.31. The van der Waals surface area contributed by atoms with Crippen molar-refractivity contribution in [2.75, 3.05) is 4.90 Å². The van der Waals surface area contributed by atoms with Crippen molar-refractivity contribution in [1.82, 2.24) is 4.98 Å². The zero-order chi connectivity index (χ0) is 19.3. The van der Waals surface area contributed by atoms with Crippen LogP contribution in [-0.4, -0.2) is 16.8 Å². The molecule has 2 heterocycles. The topological polar surface area (TPSA) is 80.5 Å². The minimum absolute atomic E-state index is 0.228. The van der Waals surface area contributed by atoms with Crippen molar-refractivity contribution in [3.8, 4) is 11.3 Å². The minimum Gasteiger partial charge on any atom is -0.419 e. The summed E-state index contributed by atoms with van der Waals surface area (Å²) in [6, 6.07) is 13.9. The third-order valence-electron chi connectivity index (χ3n) is 5.27. The lowest BCUT2D eigenvalue weighted by Gasteiger charge is -2.15. The Morgan fingerprint density at radius 1 is 0.857 bits per heavy atom. The summed E-state index contributed by atoms with van der Waals surface area (Å²) in [5.74, 6) is -0.537. The Balaban J connectivity index is 1.57. The van der Waals surface area contributed by atoms with Crippen LogP contribution < -0.4 is 10.5 Å². The monoisotopic (exact) mass is 372 g/mol. The van der Waals surface area contributed by atoms with E-state index in [9.17, 15) is 14.4 Å². The van der Waals surface area contributed by atoms with Crippen LogP contribution in [0.1, 0.15) is 25.7 Å². The van der Waals surface area contributed by atoms with Crippen LogP contribution in [0, 0.1) is 0 Å². The molecule has 6 nitrogen and oxygen atoms in total. The van der Waals surface area contributed by atoms with E-state index in [1.54, 1.807) is 24.3 Å². The molecule has 0 radical (unpaired) electrons. The molecular formula is C22H16N2O4. The van der Waals surface area contributed by atoms with E-state index in [2.05, 4.69) is 4.98 Å². The fraction of sp³-hybridized carbons (Fsp3) is 0.182. The fourth-order valence-corrected chi connectivity index (χ4v) is 3.88. The van der Waals surface area contributed by atoms with E-state index < -0.39 is 5.63 Å². The van der Waals surface area contributed by atoms with Gasteiger partial charge < -0.3 is 4.42 Å². The lowest BCUT2D eigenvalue weighted by atomic mass is 9.93. The van der Waals surface area contributed by atoms with Crippen molar-refractivity contribution in [3.63, 3.8) is 0 Å². The van der Waals surface area contributed by atoms with E-state index in [0.717, 1.165) is 12.8 Å². The summed E-state index contributed by atoms with van der Waals surface area (Å²) in [4.78, 5) is 43.5. The maximum atomic E-state index is 12.7. The molecule has 0 spiro atoms. The average molecular weight is 372 g/mol. The molecule has 138 valence electrons. The van der Waals surface area contributed by atoms with E-state index in [-0.39, 0.29) is 23.1 Å². The van der Waals surface area contributed by atoms with Gasteiger partial charge in [0.25, 0.3) is 11.8 Å². The Morgan fingerprint density at radius 2 is 1.54 bits per heavy atom. The van der Waals surface area contributed by atoms with Crippen molar-refractivity contribution in [1.29, 1.82) is 0 Å². The second-order valence-electron chi connectivity index (χ2n) is 6.98. The molecule has 0 fully saturated rings. The van der Waals surface area contributed by atoms with Crippen LogP contribution in [0.2, 0.25) is 0 Å². The van der Waals surface area contributed by atoms with Crippen LogP contribution in [-0.2, 0) is 9.59 Å². The van der Waals surface area contributed by atoms with Gasteiger partial charge in [0.2, 0.25) is 0 Å². The number of imide groups is 1. The molecule has 0 saturated heterocycles. The number of carbonyl (C=O) groups excluding carboxylic acids is 2. The van der Waals surface area contributed by atoms with Crippen LogP contribution in [0.15, 0.2) is 68.9 Å². The van der Waals surface area contributed by atoms with E-state index >= 15 is 0 Å². The Kier molecular flexibility index (Phi) is 3.72. The summed E-state index contributed by atoms with van der Waals surface area (Å²) in [6.45, 7) is 0. The number of anilines is 1. The number of hydrogen-bond acceptors (Lipinski definition) is 5. The van der Waals surface area contributed by atoms with Gasteiger partial charge >= 0.3 is 5.63 Å². The summed E-state index contributed by atoms with van der Waals surface area (Å²) >= 11 is 0. The first-order chi connectivity index (χ1) is 13.6. The first-order valence-electron chi connectivity index (χ1n) is 9.24. The summed E-state index contributed by atoms with van der Waals surface area (Å²) in [5.41, 5.74) is 2.70. The third-order valence-corrected chi connectivity index (χ3v) is 5.27. The highest BCUT2D eigenvalue weighted by molar-refractivity contribution is 6.33. The Labute approximate surface area is 160 Å². The Morgan fingerprint density at radius 3 is 2.21 bits per heavy atom. The Bertz CT molecular complexity index is 1200. The van der Waals surface area contributed by atoms with Gasteiger partial charge in [-0.1, -0.05) is 30.3 Å². The summed E-state index contributed by atoms with van der Waals surface area (Å²) in [6.07, 6.45) is 3.12. The number of amides is 2. The summed E-state index contributed by atoms with van der Waals surface area (Å²) in [7, 11) is 0. The van der Waals surface area contributed by atoms with Crippen LogP contribution >= 0.6 is 0 Å². The molecule has 2 aromatic carbocycles. The highest BCUT2D eigenvalue weighted by Crippen LogP contribution is 2.36. The zero-order valence-electron chi connectivity index (χ0n) is 15.0. The van der Waals surface area contributed by atoms with Crippen LogP contribution in [0.3, 0.4) is 0 Å². The molecule has 1 aliphatic heterocycles. The molecule has 0 unspecified atom stereocenters. The molecule has 5 rings (SSSR count). The first kappa shape index (κ1) is 16.6. The number of nitrogens with zero attached hydrogens (tertiary/aromatic N) is 2. The SMILES string of the molecule is O=C1C2=C(CCCC2)C(=O)N1c1ccc2nc(-c3ccccc3)c(=O)oc2c1. The van der Waals surface area contributed by atoms with Gasteiger partial charge in [-0.15, -0.1) is 0 Å². The first-order valence-corrected chi connectivity index (χ1v) is 9.24. The molecule has 0 N–H and O–H groups in total. The molecule has 1 aliphatic carbocycles. The highest BCUT2D eigenvalue weighted by Gasteiger charge is 2.39. The molecule has 2 amide bonds. The molecular weight excluding hydrogens is 356 g/mol. The zero-order valence-corrected chi connectivity index (χ0v) is 15.0. The molecule has 0 atom stereocenters. The minimum atomic E-state index is -0.563. The van der Waals surface area contributed by atoms with E-state index in [1.807, 2.05) is 18.2 Å². The average Bonchev–Trinajstić information content (AvgIpc) is 2.98. The molecule has 3 aromatic rings. The normalized spacial score (nSPS) is 16.8. The molecule has 6 heteroatoms. The highest BCUT2D eigenvalue weighted by atomic mass is 16.4. The van der Waals surface area contributed by atoms with Gasteiger partial charge in [0.05, 0.1) is 5.69 Å². The standard InChI is InChI=1S/C22H16N2O4/c25-20-15-8-4-5-9-16(15)21(26)24(20)14-10-11-17-18(12-14)28-22(27)19(23-17)13-6-2-1-3-7-13/h1-3,6-7,10-12H,4-5,8-9H2. The summed E-state index contributed by atoms with van der Waals surface area (Å²) < 4.78 is 5.46. The summed E-state index contributed by atoms with van der Waals surface area (Å²) in [5, 5.41) is 0. The van der Waals surface area contributed by atoms with Gasteiger partial charge in [-0.2, -0.15) is 0 Å². The lowest BCUT2D eigenvalue weighted by molar-refractivity contribution is -0.120. The molecule has 2 aliphatic rings. The molecule has 28 heavy (non-hydrogen) atoms. The van der Waals surface area contributed by atoms with Crippen molar-refractivity contribution in [3.05, 3.63) is 70.1 Å². The van der Waals surface area contributed by atoms with Crippen molar-refractivity contribution in [2.45, 2.75) is 25.7 Å². The van der Waals surface area contributed by atoms with Gasteiger partial charge in [-0.3, -0.25) is 9.59 Å². The largest absolute Gasteiger partial charge is 0.419 e. The number of aromatic nitrogens is 1. The molecule has 0 bridgehead atoms. The number of fused-ring (bicyclic) bond motifs is 1. The van der Waals surface area contributed by atoms with Crippen LogP contribution in [0.5, 0.6) is 0 Å². The third kappa shape index (κ3) is 2.49. The van der Waals surface area contributed by atoms with Gasteiger partial charge in [-0.25, -0.2) is 14.7 Å². The fourth-order valence-electron chi connectivity index (χ4n) is 3.88. The van der Waals surface area contributed by atoms with E-state index in [4.69, 9.17) is 4.42 Å². The smallest absolute Gasteiger partial charge is 0.363 e. The maximum Gasteiger partial charge on any atom is 0.363 e.